The molecule has 0 heterocycles. The van der Waals surface area contributed by atoms with Gasteiger partial charge in [-0.05, 0) is 43.2 Å². The standard InChI is InChI=1S/C21H21O3P/c1-17-13-14-21(18(2)15-17)24-25(22,20-11-7-4-8-12-20)23-16-19-9-5-3-6-10-19/h3-15H,16H2,1-2H3/t25-/m1/s1. The SMILES string of the molecule is Cc1ccc(O[P@](=O)(OCc2ccccc2)c2ccccc2)c(C)c1. The summed E-state index contributed by atoms with van der Waals surface area (Å²) in [5.41, 5.74) is 3.01. The molecular weight excluding hydrogens is 331 g/mol. The third kappa shape index (κ3) is 4.39. The molecule has 3 rings (SSSR count). The molecule has 0 saturated heterocycles. The van der Waals surface area contributed by atoms with Gasteiger partial charge in [-0.25, -0.2) is 4.57 Å². The average molecular weight is 352 g/mol. The Morgan fingerprint density at radius 2 is 1.48 bits per heavy atom. The molecule has 3 aromatic carbocycles. The van der Waals surface area contributed by atoms with Gasteiger partial charge in [-0.3, -0.25) is 4.52 Å². The third-order valence-corrected chi connectivity index (χ3v) is 5.70. The van der Waals surface area contributed by atoms with Crippen molar-refractivity contribution >= 4 is 12.9 Å². The Balaban J connectivity index is 1.90. The summed E-state index contributed by atoms with van der Waals surface area (Å²) in [5, 5.41) is 0.547. The van der Waals surface area contributed by atoms with Gasteiger partial charge >= 0.3 is 7.60 Å². The summed E-state index contributed by atoms with van der Waals surface area (Å²) >= 11 is 0. The summed E-state index contributed by atoms with van der Waals surface area (Å²) in [4.78, 5) is 0. The van der Waals surface area contributed by atoms with Crippen LogP contribution in [0.1, 0.15) is 16.7 Å². The Labute approximate surface area is 148 Å². The zero-order valence-corrected chi connectivity index (χ0v) is 15.3. The quantitative estimate of drug-likeness (QED) is 0.556. The second-order valence-corrected chi connectivity index (χ2v) is 7.90. The van der Waals surface area contributed by atoms with Gasteiger partial charge in [0, 0.05) is 0 Å². The van der Waals surface area contributed by atoms with Crippen LogP contribution in [0.4, 0.5) is 0 Å². The van der Waals surface area contributed by atoms with E-state index < -0.39 is 7.60 Å². The largest absolute Gasteiger partial charge is 0.421 e. The predicted octanol–water partition coefficient (Wildman–Crippen LogP) is 5.42. The minimum absolute atomic E-state index is 0.220. The molecule has 1 atom stereocenters. The van der Waals surface area contributed by atoms with Gasteiger partial charge in [-0.15, -0.1) is 0 Å². The van der Waals surface area contributed by atoms with Crippen molar-refractivity contribution in [2.24, 2.45) is 0 Å². The monoisotopic (exact) mass is 352 g/mol. The first kappa shape index (κ1) is 17.5. The van der Waals surface area contributed by atoms with Crippen LogP contribution in [0.15, 0.2) is 78.9 Å². The molecule has 3 aromatic rings. The van der Waals surface area contributed by atoms with Crippen molar-refractivity contribution in [3.8, 4) is 5.75 Å². The van der Waals surface area contributed by atoms with Crippen molar-refractivity contribution in [2.75, 3.05) is 0 Å². The van der Waals surface area contributed by atoms with E-state index in [0.29, 0.717) is 11.1 Å². The molecule has 3 nitrogen and oxygen atoms in total. The Morgan fingerprint density at radius 1 is 0.840 bits per heavy atom. The highest BCUT2D eigenvalue weighted by Gasteiger charge is 2.30. The van der Waals surface area contributed by atoms with E-state index in [2.05, 4.69) is 0 Å². The fourth-order valence-electron chi connectivity index (χ4n) is 2.53. The van der Waals surface area contributed by atoms with Gasteiger partial charge in [0.2, 0.25) is 0 Å². The third-order valence-electron chi connectivity index (χ3n) is 3.87. The van der Waals surface area contributed by atoms with E-state index in [4.69, 9.17) is 9.05 Å². The van der Waals surface area contributed by atoms with E-state index >= 15 is 0 Å². The molecule has 128 valence electrons. The predicted molar refractivity (Wildman–Crippen MR) is 101 cm³/mol. The lowest BCUT2D eigenvalue weighted by Crippen LogP contribution is -2.12. The molecule has 0 saturated carbocycles. The smallest absolute Gasteiger partial charge is 0.411 e. The molecule has 0 aliphatic rings. The highest BCUT2D eigenvalue weighted by Crippen LogP contribution is 2.48. The highest BCUT2D eigenvalue weighted by molar-refractivity contribution is 7.62. The van der Waals surface area contributed by atoms with Crippen LogP contribution < -0.4 is 9.83 Å². The van der Waals surface area contributed by atoms with Gasteiger partial charge in [0.25, 0.3) is 0 Å². The van der Waals surface area contributed by atoms with Crippen LogP contribution in [0.2, 0.25) is 0 Å². The van der Waals surface area contributed by atoms with Crippen molar-refractivity contribution in [1.82, 2.24) is 0 Å². The minimum Gasteiger partial charge on any atom is -0.421 e. The van der Waals surface area contributed by atoms with Crippen LogP contribution >= 0.6 is 7.60 Å². The van der Waals surface area contributed by atoms with Crippen molar-refractivity contribution in [3.63, 3.8) is 0 Å². The second-order valence-electron chi connectivity index (χ2n) is 5.95. The maximum Gasteiger partial charge on any atom is 0.411 e. The van der Waals surface area contributed by atoms with Gasteiger partial charge in [-0.2, -0.15) is 0 Å². The molecule has 0 aliphatic heterocycles. The van der Waals surface area contributed by atoms with Crippen molar-refractivity contribution in [3.05, 3.63) is 95.6 Å². The molecule has 25 heavy (non-hydrogen) atoms. The van der Waals surface area contributed by atoms with E-state index in [1.54, 1.807) is 12.1 Å². The summed E-state index contributed by atoms with van der Waals surface area (Å²) in [5.74, 6) is 0.575. The average Bonchev–Trinajstić information content (AvgIpc) is 2.64. The summed E-state index contributed by atoms with van der Waals surface area (Å²) in [6.45, 7) is 4.17. The lowest BCUT2D eigenvalue weighted by molar-refractivity contribution is 0.264. The minimum atomic E-state index is -3.50. The van der Waals surface area contributed by atoms with E-state index in [1.807, 2.05) is 80.6 Å². The lowest BCUT2D eigenvalue weighted by atomic mass is 10.1. The molecule has 0 aromatic heterocycles. The van der Waals surface area contributed by atoms with E-state index in [-0.39, 0.29) is 6.61 Å². The fraction of sp³-hybridized carbons (Fsp3) is 0.143. The number of benzene rings is 3. The van der Waals surface area contributed by atoms with Crippen LogP contribution in [0, 0.1) is 13.8 Å². The maximum absolute atomic E-state index is 13.6. The summed E-state index contributed by atoms with van der Waals surface area (Å²) < 4.78 is 25.3. The molecule has 0 aliphatic carbocycles. The Morgan fingerprint density at radius 3 is 2.12 bits per heavy atom. The van der Waals surface area contributed by atoms with Crippen LogP contribution in [0.5, 0.6) is 5.75 Å². The first-order valence-electron chi connectivity index (χ1n) is 8.18. The molecule has 0 spiro atoms. The van der Waals surface area contributed by atoms with E-state index in [1.165, 1.54) is 0 Å². The molecular formula is C21H21O3P. The van der Waals surface area contributed by atoms with Crippen molar-refractivity contribution in [2.45, 2.75) is 20.5 Å². The van der Waals surface area contributed by atoms with Crippen molar-refractivity contribution < 1.29 is 13.6 Å². The number of hydrogen-bond donors (Lipinski definition) is 0. The number of aryl methyl sites for hydroxylation is 2. The Bertz CT molecular complexity index is 876. The summed E-state index contributed by atoms with van der Waals surface area (Å²) in [6, 6.07) is 24.5. The first-order valence-corrected chi connectivity index (χ1v) is 9.72. The van der Waals surface area contributed by atoms with E-state index in [0.717, 1.165) is 16.7 Å². The normalized spacial score (nSPS) is 13.2. The second kappa shape index (κ2) is 7.69. The van der Waals surface area contributed by atoms with Crippen molar-refractivity contribution in [1.29, 1.82) is 0 Å². The Kier molecular flexibility index (Phi) is 5.37. The molecule has 0 unspecified atom stereocenters. The first-order chi connectivity index (χ1) is 12.1. The number of rotatable bonds is 6. The topological polar surface area (TPSA) is 35.5 Å². The molecule has 4 heteroatoms. The number of hydrogen-bond acceptors (Lipinski definition) is 3. The summed E-state index contributed by atoms with van der Waals surface area (Å²) in [7, 11) is -3.50. The Hall–Kier alpha value is -2.35. The zero-order valence-electron chi connectivity index (χ0n) is 14.4. The summed E-state index contributed by atoms with van der Waals surface area (Å²) in [6.07, 6.45) is 0. The highest BCUT2D eigenvalue weighted by atomic mass is 31.2. The maximum atomic E-state index is 13.6. The lowest BCUT2D eigenvalue weighted by Gasteiger charge is -2.21. The van der Waals surface area contributed by atoms with Crippen LogP contribution in [0.25, 0.3) is 0 Å². The van der Waals surface area contributed by atoms with Crippen LogP contribution in [0.3, 0.4) is 0 Å². The molecule has 0 radical (unpaired) electrons. The molecule has 0 amide bonds. The molecule has 0 bridgehead atoms. The van der Waals surface area contributed by atoms with Crippen LogP contribution in [-0.4, -0.2) is 0 Å². The fourth-order valence-corrected chi connectivity index (χ4v) is 4.16. The molecule has 0 fully saturated rings. The van der Waals surface area contributed by atoms with Gasteiger partial charge in [0.1, 0.15) is 5.75 Å². The van der Waals surface area contributed by atoms with Gasteiger partial charge in [0.15, 0.2) is 0 Å². The van der Waals surface area contributed by atoms with Gasteiger partial charge < -0.3 is 4.52 Å². The van der Waals surface area contributed by atoms with E-state index in [9.17, 15) is 4.57 Å². The zero-order chi connectivity index (χ0) is 17.7. The molecule has 0 N–H and O–H groups in total. The van der Waals surface area contributed by atoms with Crippen LogP contribution in [-0.2, 0) is 15.7 Å². The van der Waals surface area contributed by atoms with Gasteiger partial charge in [0.05, 0.1) is 11.9 Å². The van der Waals surface area contributed by atoms with Gasteiger partial charge in [-0.1, -0.05) is 66.2 Å².